The highest BCUT2D eigenvalue weighted by Crippen LogP contribution is 2.10. The average molecular weight is 168 g/mol. The third-order valence-corrected chi connectivity index (χ3v) is 1.90. The number of hydrogen-bond acceptors (Lipinski definition) is 1. The van der Waals surface area contributed by atoms with Gasteiger partial charge in [-0.1, -0.05) is 24.3 Å². The van der Waals surface area contributed by atoms with Gasteiger partial charge in [-0.3, -0.25) is 0 Å². The van der Waals surface area contributed by atoms with Crippen molar-refractivity contribution in [1.82, 2.24) is 0 Å². The molecule has 0 radical (unpaired) electrons. The van der Waals surface area contributed by atoms with E-state index in [1.807, 2.05) is 31.2 Å². The molecule has 0 aromatic heterocycles. The number of aliphatic hydroxyl groups excluding tert-OH is 1. The van der Waals surface area contributed by atoms with Crippen LogP contribution in [0.2, 0.25) is 0 Å². The van der Waals surface area contributed by atoms with Crippen molar-refractivity contribution in [3.8, 4) is 0 Å². The van der Waals surface area contributed by atoms with Gasteiger partial charge in [-0.05, 0) is 18.1 Å². The van der Waals surface area contributed by atoms with Crippen LogP contribution >= 0.6 is 0 Å². The maximum Gasteiger partial charge on any atom is 0.127 e. The number of rotatable bonds is 3. The zero-order valence-electron chi connectivity index (χ0n) is 7.13. The molecule has 0 fully saturated rings. The number of alkyl halides is 1. The van der Waals surface area contributed by atoms with Crippen LogP contribution in [0.25, 0.3) is 0 Å². The minimum Gasteiger partial charge on any atom is -0.393 e. The van der Waals surface area contributed by atoms with E-state index in [4.69, 9.17) is 5.11 Å². The van der Waals surface area contributed by atoms with Crippen molar-refractivity contribution < 1.29 is 9.50 Å². The summed E-state index contributed by atoms with van der Waals surface area (Å²) in [5.41, 5.74) is 2.05. The second-order valence-corrected chi connectivity index (χ2v) is 2.91. The molecule has 0 aliphatic carbocycles. The molecule has 1 aromatic rings. The molecule has 0 aliphatic heterocycles. The molecule has 12 heavy (non-hydrogen) atoms. The van der Waals surface area contributed by atoms with Crippen molar-refractivity contribution in [3.63, 3.8) is 0 Å². The number of aryl methyl sites for hydroxylation is 1. The Morgan fingerprint density at radius 3 is 2.67 bits per heavy atom. The van der Waals surface area contributed by atoms with E-state index in [9.17, 15) is 4.39 Å². The maximum atomic E-state index is 12.7. The molecular weight excluding hydrogens is 155 g/mol. The lowest BCUT2D eigenvalue weighted by molar-refractivity contribution is 0.177. The fourth-order valence-corrected chi connectivity index (χ4v) is 1.14. The van der Waals surface area contributed by atoms with Gasteiger partial charge in [0.25, 0.3) is 0 Å². The van der Waals surface area contributed by atoms with Crippen molar-refractivity contribution in [1.29, 1.82) is 0 Å². The molecule has 0 unspecified atom stereocenters. The van der Waals surface area contributed by atoms with Crippen molar-refractivity contribution in [2.75, 3.05) is 6.61 Å². The number of benzene rings is 1. The molecule has 1 N–H and O–H groups in total. The summed E-state index contributed by atoms with van der Waals surface area (Å²) < 4.78 is 12.7. The summed E-state index contributed by atoms with van der Waals surface area (Å²) in [5.74, 6) is 0. The van der Waals surface area contributed by atoms with Crippen LogP contribution in [0, 0.1) is 6.92 Å². The molecule has 1 rings (SSSR count). The molecule has 66 valence electrons. The highest BCUT2D eigenvalue weighted by molar-refractivity contribution is 5.26. The van der Waals surface area contributed by atoms with Gasteiger partial charge in [0, 0.05) is 6.42 Å². The van der Waals surface area contributed by atoms with Gasteiger partial charge in [-0.2, -0.15) is 0 Å². The first-order valence-electron chi connectivity index (χ1n) is 4.03. The number of hydrogen-bond donors (Lipinski definition) is 1. The topological polar surface area (TPSA) is 20.2 Å². The Morgan fingerprint density at radius 2 is 2.08 bits per heavy atom. The molecular formula is C10H13FO. The summed E-state index contributed by atoms with van der Waals surface area (Å²) in [6, 6.07) is 7.63. The van der Waals surface area contributed by atoms with Gasteiger partial charge in [0.1, 0.15) is 6.17 Å². The Labute approximate surface area is 71.9 Å². The van der Waals surface area contributed by atoms with Crippen molar-refractivity contribution in [2.24, 2.45) is 0 Å². The maximum absolute atomic E-state index is 12.7. The van der Waals surface area contributed by atoms with E-state index in [1.165, 1.54) is 0 Å². The zero-order valence-corrected chi connectivity index (χ0v) is 7.13. The van der Waals surface area contributed by atoms with E-state index in [0.29, 0.717) is 6.42 Å². The predicted octanol–water partition coefficient (Wildman–Crippen LogP) is 1.87. The summed E-state index contributed by atoms with van der Waals surface area (Å²) in [4.78, 5) is 0. The second kappa shape index (κ2) is 4.21. The first kappa shape index (κ1) is 9.20. The van der Waals surface area contributed by atoms with Crippen LogP contribution in [0.4, 0.5) is 4.39 Å². The van der Waals surface area contributed by atoms with Crippen molar-refractivity contribution >= 4 is 0 Å². The van der Waals surface area contributed by atoms with Crippen LogP contribution in [0.3, 0.4) is 0 Å². The van der Waals surface area contributed by atoms with E-state index in [1.54, 1.807) is 0 Å². The first-order chi connectivity index (χ1) is 5.74. The Morgan fingerprint density at radius 1 is 1.42 bits per heavy atom. The predicted molar refractivity (Wildman–Crippen MR) is 46.9 cm³/mol. The fourth-order valence-electron chi connectivity index (χ4n) is 1.14. The largest absolute Gasteiger partial charge is 0.393 e. The molecule has 1 nitrogen and oxygen atoms in total. The number of halogens is 1. The molecule has 0 bridgehead atoms. The standard InChI is InChI=1S/C10H13FO/c1-8-4-2-3-5-9(8)6-10(11)7-12/h2-5,10,12H,6-7H2,1H3/t10-/m1/s1. The zero-order chi connectivity index (χ0) is 8.97. The van der Waals surface area contributed by atoms with E-state index in [0.717, 1.165) is 11.1 Å². The minimum atomic E-state index is -1.13. The lowest BCUT2D eigenvalue weighted by Gasteiger charge is -2.06. The lowest BCUT2D eigenvalue weighted by atomic mass is 10.0. The molecule has 1 atom stereocenters. The van der Waals surface area contributed by atoms with Gasteiger partial charge in [0.2, 0.25) is 0 Å². The van der Waals surface area contributed by atoms with E-state index in [-0.39, 0.29) is 0 Å². The molecule has 0 saturated carbocycles. The highest BCUT2D eigenvalue weighted by Gasteiger charge is 2.06. The van der Waals surface area contributed by atoms with Crippen LogP contribution in [-0.2, 0) is 6.42 Å². The van der Waals surface area contributed by atoms with E-state index >= 15 is 0 Å². The van der Waals surface area contributed by atoms with Gasteiger partial charge < -0.3 is 5.11 Å². The molecule has 0 aliphatic rings. The molecule has 0 amide bonds. The van der Waals surface area contributed by atoms with Crippen LogP contribution in [-0.4, -0.2) is 17.9 Å². The van der Waals surface area contributed by atoms with Gasteiger partial charge in [0.05, 0.1) is 6.61 Å². The van der Waals surface area contributed by atoms with Gasteiger partial charge in [0.15, 0.2) is 0 Å². The van der Waals surface area contributed by atoms with E-state index < -0.39 is 12.8 Å². The molecule has 0 heterocycles. The third kappa shape index (κ3) is 2.31. The Hall–Kier alpha value is -0.890. The van der Waals surface area contributed by atoms with Crippen LogP contribution in [0.1, 0.15) is 11.1 Å². The monoisotopic (exact) mass is 168 g/mol. The highest BCUT2D eigenvalue weighted by atomic mass is 19.1. The smallest absolute Gasteiger partial charge is 0.127 e. The lowest BCUT2D eigenvalue weighted by Crippen LogP contribution is -2.10. The average Bonchev–Trinajstić information content (AvgIpc) is 2.09. The Kier molecular flexibility index (Phi) is 3.23. The Bertz CT molecular complexity index is 247. The van der Waals surface area contributed by atoms with Crippen LogP contribution in [0.5, 0.6) is 0 Å². The SMILES string of the molecule is Cc1ccccc1C[C@@H](F)CO. The third-order valence-electron chi connectivity index (χ3n) is 1.90. The summed E-state index contributed by atoms with van der Waals surface area (Å²) in [6.45, 7) is 1.55. The van der Waals surface area contributed by atoms with Gasteiger partial charge in [-0.15, -0.1) is 0 Å². The summed E-state index contributed by atoms with van der Waals surface area (Å²) in [5, 5.41) is 8.51. The summed E-state index contributed by atoms with van der Waals surface area (Å²) in [7, 11) is 0. The van der Waals surface area contributed by atoms with Gasteiger partial charge in [-0.25, -0.2) is 4.39 Å². The van der Waals surface area contributed by atoms with Crippen LogP contribution in [0.15, 0.2) is 24.3 Å². The van der Waals surface area contributed by atoms with Crippen LogP contribution < -0.4 is 0 Å². The first-order valence-corrected chi connectivity index (χ1v) is 4.03. The normalized spacial score (nSPS) is 12.9. The van der Waals surface area contributed by atoms with E-state index in [2.05, 4.69) is 0 Å². The number of aliphatic hydroxyl groups is 1. The summed E-state index contributed by atoms with van der Waals surface area (Å²) in [6.07, 6.45) is -0.825. The quantitative estimate of drug-likeness (QED) is 0.730. The molecule has 0 saturated heterocycles. The van der Waals surface area contributed by atoms with Gasteiger partial charge >= 0.3 is 0 Å². The van der Waals surface area contributed by atoms with Crippen molar-refractivity contribution in [2.45, 2.75) is 19.5 Å². The van der Waals surface area contributed by atoms with Crippen molar-refractivity contribution in [3.05, 3.63) is 35.4 Å². The molecule has 2 heteroatoms. The Balaban J connectivity index is 2.69. The molecule has 1 aromatic carbocycles. The second-order valence-electron chi connectivity index (χ2n) is 2.91. The molecule has 0 spiro atoms. The fraction of sp³-hybridized carbons (Fsp3) is 0.400. The minimum absolute atomic E-state index is 0.309. The summed E-state index contributed by atoms with van der Waals surface area (Å²) >= 11 is 0.